The molecule has 2 saturated heterocycles. The van der Waals surface area contributed by atoms with Crippen molar-refractivity contribution in [2.75, 3.05) is 145 Å². The zero-order valence-electron chi connectivity index (χ0n) is 74.6. The molecule has 1 aliphatic carbocycles. The molecule has 6 heterocycles. The van der Waals surface area contributed by atoms with Gasteiger partial charge in [0, 0.05) is 89.9 Å². The zero-order valence-corrected chi connectivity index (χ0v) is 74.6. The fourth-order valence-corrected chi connectivity index (χ4v) is 16.4. The SMILES string of the molecule is CO[C@H]1C[C@@H]2CC[C@@H](C)[C@@](O)(O2)C(=O)C(=O)N2CCCC[C@H]2C(=O)O[C@H]([C@H](C)C[C@@H]2CC[C@@H](OC(=O)CCCOCCOCCOCCOCCOCCOCCOCCOCCC(=O)CCc3ccc(Cn4nc(-c5ccc6oc(N)nc6c5)c5c(N)ncnc54)cc3)[C@H](OC)C2)CC(=O)[C@H](C)/C=C(\C)[C@@H](O)[C@@H](OC)C(=O)[C@H](C)C[C@H](C)/C=C/C=C/C=C/1C. The third-order valence-electron chi connectivity index (χ3n) is 23.8. The number of aromatic nitrogens is 5. The van der Waals surface area contributed by atoms with Crippen molar-refractivity contribution < 1.29 is 115 Å². The van der Waals surface area contributed by atoms with Gasteiger partial charge >= 0.3 is 11.9 Å². The van der Waals surface area contributed by atoms with Gasteiger partial charge in [0.15, 0.2) is 17.0 Å². The number of cyclic esters (lactones) is 1. The number of rotatable bonds is 41. The van der Waals surface area contributed by atoms with E-state index in [0.29, 0.717) is 235 Å². The van der Waals surface area contributed by atoms with E-state index in [1.54, 1.807) is 58.7 Å². The van der Waals surface area contributed by atoms with Crippen LogP contribution in [0.3, 0.4) is 0 Å². The summed E-state index contributed by atoms with van der Waals surface area (Å²) in [7, 11) is 4.51. The molecule has 3 aliphatic heterocycles. The molecule has 0 spiro atoms. The van der Waals surface area contributed by atoms with E-state index in [1.165, 1.54) is 18.3 Å². The van der Waals surface area contributed by atoms with Crippen molar-refractivity contribution in [1.29, 1.82) is 0 Å². The van der Waals surface area contributed by atoms with E-state index in [-0.39, 0.29) is 73.4 Å². The predicted molar refractivity (Wildman–Crippen MR) is 465 cm³/mol. The second-order valence-corrected chi connectivity index (χ2v) is 33.4. The Morgan fingerprint density at radius 2 is 1.33 bits per heavy atom. The lowest BCUT2D eigenvalue weighted by atomic mass is 9.78. The molecule has 125 heavy (non-hydrogen) atoms. The number of benzene rings is 2. The Hall–Kier alpha value is -8.45. The minimum absolute atomic E-state index is 0.00411. The first-order chi connectivity index (χ1) is 60.3. The number of esters is 2. The topological polar surface area (TPSA) is 414 Å². The van der Waals surface area contributed by atoms with Gasteiger partial charge < -0.3 is 97.3 Å². The maximum Gasteiger partial charge on any atom is 0.329 e. The van der Waals surface area contributed by atoms with Gasteiger partial charge in [0.05, 0.1) is 129 Å². The summed E-state index contributed by atoms with van der Waals surface area (Å²) in [5.41, 5.74) is 18.5. The number of ether oxygens (including phenoxy) is 14. The molecular weight excluding hydrogens is 1610 g/mol. The Labute approximate surface area is 733 Å². The van der Waals surface area contributed by atoms with Crippen LogP contribution in [0.15, 0.2) is 101 Å². The summed E-state index contributed by atoms with van der Waals surface area (Å²) in [6.45, 7) is 19.2. The van der Waals surface area contributed by atoms with Crippen molar-refractivity contribution in [2.45, 2.75) is 219 Å². The average molecular weight is 1750 g/mol. The molecule has 9 rings (SSSR count). The number of ketones is 4. The summed E-state index contributed by atoms with van der Waals surface area (Å²) in [6.07, 6.45) is 13.6. The number of oxazole rings is 1. The number of fused-ring (bicyclic) bond motifs is 5. The predicted octanol–water partition coefficient (Wildman–Crippen LogP) is 10.4. The summed E-state index contributed by atoms with van der Waals surface area (Å²) < 4.78 is 88.3. The van der Waals surface area contributed by atoms with Crippen LogP contribution in [0.4, 0.5) is 11.8 Å². The molecule has 15 atom stereocenters. The highest BCUT2D eigenvalue weighted by Crippen LogP contribution is 2.40. The number of Topliss-reactive ketones (excluding diaryl/α,β-unsaturated/α-hetero) is 4. The third-order valence-corrected chi connectivity index (χ3v) is 23.8. The van der Waals surface area contributed by atoms with Crippen LogP contribution < -0.4 is 11.5 Å². The molecule has 5 aromatic rings. The van der Waals surface area contributed by atoms with Gasteiger partial charge in [-0.2, -0.15) is 10.1 Å². The van der Waals surface area contributed by atoms with Crippen molar-refractivity contribution in [1.82, 2.24) is 29.6 Å². The van der Waals surface area contributed by atoms with Gasteiger partial charge in [-0.25, -0.2) is 19.4 Å². The van der Waals surface area contributed by atoms with E-state index in [1.807, 2.05) is 87.5 Å². The van der Waals surface area contributed by atoms with Crippen LogP contribution in [0.2, 0.25) is 0 Å². The number of nitrogens with two attached hydrogens (primary N) is 2. The van der Waals surface area contributed by atoms with E-state index >= 15 is 0 Å². The minimum Gasteiger partial charge on any atom is -0.460 e. The van der Waals surface area contributed by atoms with Crippen LogP contribution in [-0.4, -0.2) is 269 Å². The minimum atomic E-state index is -2.48. The van der Waals surface area contributed by atoms with Crippen molar-refractivity contribution in [3.05, 3.63) is 108 Å². The number of nitrogens with zero attached hydrogens (tertiary/aromatic N) is 6. The Kier molecular flexibility index (Phi) is 41.8. The Morgan fingerprint density at radius 1 is 0.680 bits per heavy atom. The number of nitrogen functional groups attached to an aromatic ring is 2. The van der Waals surface area contributed by atoms with E-state index in [9.17, 15) is 43.8 Å². The second-order valence-electron chi connectivity index (χ2n) is 33.4. The summed E-state index contributed by atoms with van der Waals surface area (Å²) in [5.74, 6) is -8.52. The van der Waals surface area contributed by atoms with Gasteiger partial charge in [-0.1, -0.05) is 95.3 Å². The molecule has 2 bridgehead atoms. The molecule has 1 saturated carbocycles. The molecule has 6 N–H and O–H groups in total. The summed E-state index contributed by atoms with van der Waals surface area (Å²) >= 11 is 0. The number of aryl methyl sites for hydroxylation is 1. The number of methoxy groups -OCH3 is 3. The Bertz CT molecular complexity index is 4360. The number of hydrogen-bond acceptors (Lipinski definition) is 30. The number of hydrogen-bond donors (Lipinski definition) is 4. The molecular formula is C93H134N8O24. The number of carbonyl (C=O) groups is 7. The lowest BCUT2D eigenvalue weighted by molar-refractivity contribution is -0.265. The summed E-state index contributed by atoms with van der Waals surface area (Å²) in [5, 5.41) is 29.3. The van der Waals surface area contributed by atoms with Gasteiger partial charge in [-0.05, 0) is 149 Å². The number of piperidine rings is 1. The van der Waals surface area contributed by atoms with E-state index < -0.39 is 95.9 Å². The zero-order chi connectivity index (χ0) is 89.8. The Balaban J connectivity index is 0.595. The number of anilines is 2. The van der Waals surface area contributed by atoms with E-state index in [0.717, 1.165) is 22.3 Å². The monoisotopic (exact) mass is 1750 g/mol. The van der Waals surface area contributed by atoms with Crippen LogP contribution in [0.1, 0.15) is 162 Å². The molecule has 32 heteroatoms. The first kappa shape index (κ1) is 100. The lowest BCUT2D eigenvalue weighted by Crippen LogP contribution is -2.61. The van der Waals surface area contributed by atoms with Crippen LogP contribution in [0.5, 0.6) is 0 Å². The molecule has 1 amide bonds. The van der Waals surface area contributed by atoms with Gasteiger partial charge in [-0.3, -0.25) is 28.8 Å². The molecule has 2 aromatic carbocycles. The van der Waals surface area contributed by atoms with Crippen molar-refractivity contribution in [2.24, 2.45) is 35.5 Å². The fourth-order valence-electron chi connectivity index (χ4n) is 16.4. The first-order valence-electron chi connectivity index (χ1n) is 44.3. The van der Waals surface area contributed by atoms with Crippen LogP contribution >= 0.6 is 0 Å². The lowest BCUT2D eigenvalue weighted by Gasteiger charge is -2.42. The number of allylic oxidation sites excluding steroid dienone is 6. The number of aliphatic hydroxyl groups is 2. The standard InChI is InChI=1S/C93H134N8O24/c1-60-17-12-11-13-18-61(2)78(111-8)56-72-30-21-66(7)93(110,125-72)87(107)90(108)100-34-15-14-19-74(100)91(109)123-79(57-75(103)62(3)52-65(6)85(106)86(113-10)84(105)64(5)51-60)63(4)53-69-27-31-77(80(54-69)112-9)122-81(104)20-16-35-114-37-39-116-41-43-118-45-47-120-49-50-121-48-46-119-44-42-117-40-38-115-36-33-71(102)29-26-67-22-24-68(25-23-67)58-101-89-82(88(94)96-59-97-89)83(99-101)70-28-32-76-73(55-70)98-92(95)124-76/h11-13,17-18,22-25,28,32,52,55,59-60,62-64,66,69,72,74,77-80,85-86,106,110H,14-16,19-21,26-27,29-31,33-51,53-54,56-58H2,1-10H3,(H2,95,98)(H2,94,96,97)/b13-11+,17-12+,61-18+,65-52+/t60-,62-,63-,64-,66-,69+,72+,74+,77-,78+,79+,80-,85-,86+,93-/m1/s1. The third kappa shape index (κ3) is 30.9. The fraction of sp³-hybridized carbons (Fsp3) is 0.645. The maximum absolute atomic E-state index is 14.8. The number of carbonyl (C=O) groups excluding carboxylic acids is 7. The molecule has 4 aliphatic rings. The summed E-state index contributed by atoms with van der Waals surface area (Å²) in [6, 6.07) is 12.5. The quantitative estimate of drug-likeness (QED) is 0.0122. The van der Waals surface area contributed by atoms with Crippen LogP contribution in [0, 0.1) is 35.5 Å². The highest BCUT2D eigenvalue weighted by molar-refractivity contribution is 6.39. The van der Waals surface area contributed by atoms with Crippen molar-refractivity contribution in [3.8, 4) is 11.3 Å². The number of aliphatic hydroxyl groups excluding tert-OH is 1. The normalized spacial score (nSPS) is 26.7. The van der Waals surface area contributed by atoms with Gasteiger partial charge in [-0.15, -0.1) is 0 Å². The van der Waals surface area contributed by atoms with Gasteiger partial charge in [0.2, 0.25) is 5.79 Å². The molecule has 3 aromatic heterocycles. The maximum atomic E-state index is 14.8. The highest BCUT2D eigenvalue weighted by Gasteiger charge is 2.53. The highest BCUT2D eigenvalue weighted by atomic mass is 16.6. The summed E-state index contributed by atoms with van der Waals surface area (Å²) in [4.78, 5) is 112. The largest absolute Gasteiger partial charge is 0.460 e. The molecule has 32 nitrogen and oxygen atoms in total. The van der Waals surface area contributed by atoms with E-state index in [2.05, 4.69) is 15.0 Å². The molecule has 0 radical (unpaired) electrons. The number of amides is 1. The van der Waals surface area contributed by atoms with Gasteiger partial charge in [0.25, 0.3) is 17.7 Å². The smallest absolute Gasteiger partial charge is 0.329 e. The Morgan fingerprint density at radius 3 is 1.98 bits per heavy atom. The van der Waals surface area contributed by atoms with Crippen molar-refractivity contribution >= 4 is 74.9 Å². The average Bonchev–Trinajstić information content (AvgIpc) is 1.71. The van der Waals surface area contributed by atoms with E-state index in [4.69, 9.17) is 87.3 Å². The second kappa shape index (κ2) is 52.1. The van der Waals surface area contributed by atoms with Crippen molar-refractivity contribution in [3.63, 3.8) is 0 Å². The van der Waals surface area contributed by atoms with Gasteiger partial charge in [0.1, 0.15) is 65.4 Å². The molecule has 690 valence electrons. The first-order valence-corrected chi connectivity index (χ1v) is 44.3. The van der Waals surface area contributed by atoms with Crippen LogP contribution in [-0.2, 0) is 113 Å². The van der Waals surface area contributed by atoms with Crippen LogP contribution in [0.25, 0.3) is 33.4 Å². The molecule has 3 fully saturated rings. The molecule has 0 unspecified atom stereocenters.